The molecule has 6 heteroatoms. The third-order valence-corrected chi connectivity index (χ3v) is 2.34. The molecule has 1 aromatic rings. The number of benzene rings is 1. The number of amidine groups is 1. The molecule has 98 valence electrons. The van der Waals surface area contributed by atoms with Crippen LogP contribution >= 0.6 is 0 Å². The number of nitrogens with one attached hydrogen (secondary N) is 1. The number of oxime groups is 1. The first-order valence-electron chi connectivity index (χ1n) is 5.51. The van der Waals surface area contributed by atoms with E-state index < -0.39 is 0 Å². The molecule has 1 rings (SSSR count). The summed E-state index contributed by atoms with van der Waals surface area (Å²) in [5, 5.41) is 13.7. The third kappa shape index (κ3) is 4.73. The van der Waals surface area contributed by atoms with Crippen molar-refractivity contribution in [3.63, 3.8) is 0 Å². The average Bonchev–Trinajstić information content (AvgIpc) is 2.38. The second kappa shape index (κ2) is 7.16. The van der Waals surface area contributed by atoms with Crippen molar-refractivity contribution in [2.45, 2.75) is 12.8 Å². The molecule has 0 unspecified atom stereocenters. The maximum atomic E-state index is 11.3. The third-order valence-electron chi connectivity index (χ3n) is 2.34. The highest BCUT2D eigenvalue weighted by Crippen LogP contribution is 2.12. The number of amides is 1. The van der Waals surface area contributed by atoms with Gasteiger partial charge in [0, 0.05) is 6.54 Å². The molecule has 4 N–H and O–H groups in total. The summed E-state index contributed by atoms with van der Waals surface area (Å²) in [5.41, 5.74) is 6.29. The summed E-state index contributed by atoms with van der Waals surface area (Å²) >= 11 is 0. The molecule has 1 amide bonds. The Morgan fingerprint density at radius 3 is 3.00 bits per heavy atom. The molecule has 0 aliphatic heterocycles. The van der Waals surface area contributed by atoms with Gasteiger partial charge in [0.25, 0.3) is 0 Å². The Kier molecular flexibility index (Phi) is 5.50. The minimum atomic E-state index is -0.270. The second-order valence-corrected chi connectivity index (χ2v) is 3.72. The van der Waals surface area contributed by atoms with Crippen LogP contribution < -0.4 is 15.8 Å². The van der Waals surface area contributed by atoms with E-state index in [0.717, 1.165) is 11.3 Å². The van der Waals surface area contributed by atoms with Crippen LogP contribution in [0.2, 0.25) is 0 Å². The largest absolute Gasteiger partial charge is 0.497 e. The van der Waals surface area contributed by atoms with Crippen LogP contribution in [0.5, 0.6) is 5.75 Å². The molecule has 0 atom stereocenters. The lowest BCUT2D eigenvalue weighted by molar-refractivity contribution is -0.119. The lowest BCUT2D eigenvalue weighted by atomic mass is 10.1. The fourth-order valence-corrected chi connectivity index (χ4v) is 1.44. The lowest BCUT2D eigenvalue weighted by Crippen LogP contribution is -2.30. The van der Waals surface area contributed by atoms with Crippen LogP contribution in [0.25, 0.3) is 0 Å². The van der Waals surface area contributed by atoms with Crippen LogP contribution in [0, 0.1) is 0 Å². The predicted octanol–water partition coefficient (Wildman–Crippen LogP) is 0.490. The number of methoxy groups -OCH3 is 1. The molecule has 0 aliphatic carbocycles. The molecule has 0 bridgehead atoms. The van der Waals surface area contributed by atoms with Gasteiger partial charge in [0.2, 0.25) is 5.91 Å². The van der Waals surface area contributed by atoms with Gasteiger partial charge in [-0.3, -0.25) is 4.79 Å². The van der Waals surface area contributed by atoms with E-state index in [2.05, 4.69) is 10.5 Å². The molecule has 0 spiro atoms. The fraction of sp³-hybridized carbons (Fsp3) is 0.333. The summed E-state index contributed by atoms with van der Waals surface area (Å²) in [5.74, 6) is 0.414. The maximum Gasteiger partial charge on any atom is 0.227 e. The first kappa shape index (κ1) is 13.8. The number of nitrogens with zero attached hydrogens (tertiary/aromatic N) is 1. The van der Waals surface area contributed by atoms with Gasteiger partial charge in [-0.15, -0.1) is 0 Å². The quantitative estimate of drug-likeness (QED) is 0.297. The van der Waals surface area contributed by atoms with Gasteiger partial charge >= 0.3 is 0 Å². The molecule has 0 saturated carbocycles. The summed E-state index contributed by atoms with van der Waals surface area (Å²) in [6.07, 6.45) is 0.591. The number of rotatable bonds is 6. The van der Waals surface area contributed by atoms with Gasteiger partial charge < -0.3 is 21.0 Å². The second-order valence-electron chi connectivity index (χ2n) is 3.72. The minimum Gasteiger partial charge on any atom is -0.497 e. The molecule has 0 aromatic heterocycles. The Labute approximate surface area is 105 Å². The molecule has 18 heavy (non-hydrogen) atoms. The van der Waals surface area contributed by atoms with Crippen molar-refractivity contribution >= 4 is 11.7 Å². The van der Waals surface area contributed by atoms with E-state index in [1.165, 1.54) is 0 Å². The number of hydrogen-bond donors (Lipinski definition) is 3. The van der Waals surface area contributed by atoms with Crippen LogP contribution in [0.3, 0.4) is 0 Å². The first-order valence-corrected chi connectivity index (χ1v) is 5.51. The zero-order valence-corrected chi connectivity index (χ0v) is 10.2. The molecule has 0 aliphatic rings. The van der Waals surface area contributed by atoms with Crippen molar-refractivity contribution in [2.24, 2.45) is 10.9 Å². The topological polar surface area (TPSA) is 96.9 Å². The van der Waals surface area contributed by atoms with E-state index in [-0.39, 0.29) is 18.2 Å². The molecular formula is C12H17N3O3. The number of hydrogen-bond acceptors (Lipinski definition) is 4. The standard InChI is InChI=1S/C12H17N3O3/c1-18-10-4-2-3-9(7-10)5-6-14-12(16)8-11(13)15-17/h2-4,7,17H,5-6,8H2,1H3,(H2,13,15)(H,14,16). The van der Waals surface area contributed by atoms with E-state index in [9.17, 15) is 4.79 Å². The molecule has 0 radical (unpaired) electrons. The van der Waals surface area contributed by atoms with Gasteiger partial charge in [-0.25, -0.2) is 0 Å². The van der Waals surface area contributed by atoms with E-state index in [4.69, 9.17) is 15.7 Å². The molecule has 1 aromatic carbocycles. The van der Waals surface area contributed by atoms with Crippen molar-refractivity contribution in [1.82, 2.24) is 5.32 Å². The number of nitrogens with two attached hydrogens (primary N) is 1. The van der Waals surface area contributed by atoms with Crippen molar-refractivity contribution in [1.29, 1.82) is 0 Å². The van der Waals surface area contributed by atoms with Crippen molar-refractivity contribution in [2.75, 3.05) is 13.7 Å². The average molecular weight is 251 g/mol. The van der Waals surface area contributed by atoms with E-state index in [1.807, 2.05) is 24.3 Å². The highest BCUT2D eigenvalue weighted by Gasteiger charge is 2.04. The monoisotopic (exact) mass is 251 g/mol. The highest BCUT2D eigenvalue weighted by molar-refractivity contribution is 5.98. The van der Waals surface area contributed by atoms with Gasteiger partial charge in [-0.05, 0) is 24.1 Å². The fourth-order valence-electron chi connectivity index (χ4n) is 1.44. The van der Waals surface area contributed by atoms with Crippen molar-refractivity contribution < 1.29 is 14.7 Å². The van der Waals surface area contributed by atoms with E-state index >= 15 is 0 Å². The van der Waals surface area contributed by atoms with E-state index in [0.29, 0.717) is 13.0 Å². The van der Waals surface area contributed by atoms with Gasteiger partial charge in [-0.1, -0.05) is 17.3 Å². The maximum absolute atomic E-state index is 11.3. The Hall–Kier alpha value is -2.24. The van der Waals surface area contributed by atoms with Gasteiger partial charge in [0.1, 0.15) is 11.6 Å². The molecule has 0 heterocycles. The normalized spacial score (nSPS) is 11.1. The number of ether oxygens (including phenoxy) is 1. The van der Waals surface area contributed by atoms with Crippen LogP contribution in [0.4, 0.5) is 0 Å². The van der Waals surface area contributed by atoms with Crippen LogP contribution in [-0.4, -0.2) is 30.6 Å². The summed E-state index contributed by atoms with van der Waals surface area (Å²) in [4.78, 5) is 11.3. The zero-order chi connectivity index (χ0) is 13.4. The predicted molar refractivity (Wildman–Crippen MR) is 67.7 cm³/mol. The summed E-state index contributed by atoms with van der Waals surface area (Å²) in [6, 6.07) is 7.63. The molecule has 6 nitrogen and oxygen atoms in total. The summed E-state index contributed by atoms with van der Waals surface area (Å²) < 4.78 is 5.10. The van der Waals surface area contributed by atoms with Crippen molar-refractivity contribution in [3.8, 4) is 5.75 Å². The number of carbonyl (C=O) groups is 1. The molecule has 0 saturated heterocycles. The molecular weight excluding hydrogens is 234 g/mol. The minimum absolute atomic E-state index is 0.103. The Bertz CT molecular complexity index is 432. The van der Waals surface area contributed by atoms with Crippen LogP contribution in [0.15, 0.2) is 29.4 Å². The van der Waals surface area contributed by atoms with Gasteiger partial charge in [0.05, 0.1) is 13.5 Å². The highest BCUT2D eigenvalue weighted by atomic mass is 16.5. The molecule has 0 fully saturated rings. The zero-order valence-electron chi connectivity index (χ0n) is 10.2. The summed E-state index contributed by atoms with van der Waals surface area (Å²) in [7, 11) is 1.61. The lowest BCUT2D eigenvalue weighted by Gasteiger charge is -2.06. The van der Waals surface area contributed by atoms with E-state index in [1.54, 1.807) is 7.11 Å². The van der Waals surface area contributed by atoms with Crippen molar-refractivity contribution in [3.05, 3.63) is 29.8 Å². The van der Waals surface area contributed by atoms with Crippen LogP contribution in [-0.2, 0) is 11.2 Å². The Morgan fingerprint density at radius 1 is 1.56 bits per heavy atom. The SMILES string of the molecule is COc1cccc(CCNC(=O)C/C(N)=N/O)c1. The Balaban J connectivity index is 2.35. The van der Waals surface area contributed by atoms with Gasteiger partial charge in [-0.2, -0.15) is 0 Å². The first-order chi connectivity index (χ1) is 8.65. The van der Waals surface area contributed by atoms with Gasteiger partial charge in [0.15, 0.2) is 0 Å². The van der Waals surface area contributed by atoms with Crippen LogP contribution in [0.1, 0.15) is 12.0 Å². The Morgan fingerprint density at radius 2 is 2.33 bits per heavy atom. The number of carbonyl (C=O) groups excluding carboxylic acids is 1. The summed E-state index contributed by atoms with van der Waals surface area (Å²) in [6.45, 7) is 0.491. The smallest absolute Gasteiger partial charge is 0.227 e.